The Morgan fingerprint density at radius 3 is 2.73 bits per heavy atom. The maximum Gasteiger partial charge on any atom is 0.0687 e. The maximum absolute atomic E-state index is 5.82. The van der Waals surface area contributed by atoms with Crippen LogP contribution in [0, 0.1) is 5.92 Å². The molecule has 1 aromatic carbocycles. The van der Waals surface area contributed by atoms with E-state index in [4.69, 9.17) is 16.3 Å². The Labute approximate surface area is 95.0 Å². The van der Waals surface area contributed by atoms with E-state index in [1.54, 1.807) is 0 Å². The molecule has 15 heavy (non-hydrogen) atoms. The van der Waals surface area contributed by atoms with Crippen LogP contribution in [0.1, 0.15) is 5.56 Å². The first-order chi connectivity index (χ1) is 7.29. The number of hydrogen-bond donors (Lipinski definition) is 0. The van der Waals surface area contributed by atoms with Gasteiger partial charge in [0.15, 0.2) is 0 Å². The lowest BCUT2D eigenvalue weighted by atomic mass is 10.0. The van der Waals surface area contributed by atoms with Crippen LogP contribution in [-0.2, 0) is 4.74 Å². The molecule has 0 aromatic heterocycles. The molecule has 0 N–H and O–H groups in total. The second kappa shape index (κ2) is 4.65. The summed E-state index contributed by atoms with van der Waals surface area (Å²) in [4.78, 5) is 0. The normalized spacial score (nSPS) is 23.3. The highest BCUT2D eigenvalue weighted by Gasteiger charge is 2.17. The van der Waals surface area contributed by atoms with E-state index in [1.807, 2.05) is 30.3 Å². The van der Waals surface area contributed by atoms with Crippen molar-refractivity contribution < 1.29 is 4.74 Å². The zero-order valence-electron chi connectivity index (χ0n) is 8.45. The van der Waals surface area contributed by atoms with Gasteiger partial charge >= 0.3 is 0 Å². The summed E-state index contributed by atoms with van der Waals surface area (Å²) in [6.45, 7) is 5.27. The Balaban J connectivity index is 2.22. The number of ether oxygens (including phenoxy) is 1. The van der Waals surface area contributed by atoms with E-state index in [9.17, 15) is 0 Å². The minimum absolute atomic E-state index is 0.362. The highest BCUT2D eigenvalue weighted by Crippen LogP contribution is 2.23. The molecule has 1 aromatic rings. The minimum atomic E-state index is 0.362. The van der Waals surface area contributed by atoms with Gasteiger partial charge in [-0.2, -0.15) is 0 Å². The molecule has 1 atom stereocenters. The number of rotatable bonds is 2. The van der Waals surface area contributed by atoms with Crippen molar-refractivity contribution in [2.75, 3.05) is 13.2 Å². The van der Waals surface area contributed by atoms with Crippen LogP contribution in [0.5, 0.6) is 0 Å². The molecule has 0 spiro atoms. The van der Waals surface area contributed by atoms with Crippen molar-refractivity contribution in [1.82, 2.24) is 0 Å². The highest BCUT2D eigenvalue weighted by molar-refractivity contribution is 6.30. The molecule has 78 valence electrons. The third kappa shape index (κ3) is 2.49. The van der Waals surface area contributed by atoms with Crippen molar-refractivity contribution in [2.24, 2.45) is 5.92 Å². The van der Waals surface area contributed by atoms with Gasteiger partial charge in [0.05, 0.1) is 13.2 Å². The van der Waals surface area contributed by atoms with E-state index in [0.717, 1.165) is 17.2 Å². The van der Waals surface area contributed by atoms with Gasteiger partial charge in [-0.25, -0.2) is 0 Å². The largest absolute Gasteiger partial charge is 0.376 e. The Morgan fingerprint density at radius 1 is 1.33 bits per heavy atom. The summed E-state index contributed by atoms with van der Waals surface area (Å²) < 4.78 is 5.39. The molecule has 2 rings (SSSR count). The van der Waals surface area contributed by atoms with E-state index < -0.39 is 0 Å². The topological polar surface area (TPSA) is 9.23 Å². The molecule has 1 heterocycles. The van der Waals surface area contributed by atoms with Crippen molar-refractivity contribution in [3.63, 3.8) is 0 Å². The number of hydrogen-bond acceptors (Lipinski definition) is 1. The number of halogens is 1. The maximum atomic E-state index is 5.82. The molecule has 1 fully saturated rings. The standard InChI is InChI=1S/C13H13ClO/c1-2-11-8-15-9-12(11)7-10-3-5-13(14)6-4-10/h2-7,11H,1,8-9H2/b12-7+. The first-order valence-electron chi connectivity index (χ1n) is 4.96. The monoisotopic (exact) mass is 220 g/mol. The molecule has 1 nitrogen and oxygen atoms in total. The second-order valence-electron chi connectivity index (χ2n) is 3.63. The van der Waals surface area contributed by atoms with Gasteiger partial charge in [0.2, 0.25) is 0 Å². The summed E-state index contributed by atoms with van der Waals surface area (Å²) in [5.41, 5.74) is 2.44. The van der Waals surface area contributed by atoms with Gasteiger partial charge in [-0.15, -0.1) is 6.58 Å². The van der Waals surface area contributed by atoms with Crippen LogP contribution in [0.2, 0.25) is 5.02 Å². The summed E-state index contributed by atoms with van der Waals surface area (Å²) in [5.74, 6) is 0.362. The molecule has 0 radical (unpaired) electrons. The molecule has 1 unspecified atom stereocenters. The molecular formula is C13H13ClO. The van der Waals surface area contributed by atoms with E-state index >= 15 is 0 Å². The molecule has 0 aliphatic carbocycles. The quantitative estimate of drug-likeness (QED) is 0.693. The van der Waals surface area contributed by atoms with Gasteiger partial charge in [-0.3, -0.25) is 0 Å². The molecule has 1 aliphatic rings. The smallest absolute Gasteiger partial charge is 0.0687 e. The predicted molar refractivity (Wildman–Crippen MR) is 63.9 cm³/mol. The van der Waals surface area contributed by atoms with Gasteiger partial charge in [0.25, 0.3) is 0 Å². The van der Waals surface area contributed by atoms with E-state index in [2.05, 4.69) is 12.7 Å². The molecule has 2 heteroatoms. The van der Waals surface area contributed by atoms with E-state index in [1.165, 1.54) is 5.57 Å². The lowest BCUT2D eigenvalue weighted by Gasteiger charge is -2.03. The van der Waals surface area contributed by atoms with Gasteiger partial charge in [0.1, 0.15) is 0 Å². The Kier molecular flexibility index (Phi) is 3.24. The minimum Gasteiger partial charge on any atom is -0.376 e. The summed E-state index contributed by atoms with van der Waals surface area (Å²) in [6, 6.07) is 7.81. The Hall–Kier alpha value is -1.05. The van der Waals surface area contributed by atoms with Gasteiger partial charge in [-0.1, -0.05) is 35.9 Å². The van der Waals surface area contributed by atoms with Crippen molar-refractivity contribution in [1.29, 1.82) is 0 Å². The van der Waals surface area contributed by atoms with Crippen LogP contribution >= 0.6 is 11.6 Å². The van der Waals surface area contributed by atoms with Crippen LogP contribution in [-0.4, -0.2) is 13.2 Å². The van der Waals surface area contributed by atoms with Crippen molar-refractivity contribution in [3.05, 3.63) is 53.1 Å². The highest BCUT2D eigenvalue weighted by atomic mass is 35.5. The second-order valence-corrected chi connectivity index (χ2v) is 4.06. The Bertz CT molecular complexity index is 378. The molecule has 0 saturated carbocycles. The SMILES string of the molecule is C=CC1COC/C1=C\c1ccc(Cl)cc1. The average Bonchev–Trinajstić information content (AvgIpc) is 2.69. The first-order valence-corrected chi connectivity index (χ1v) is 5.34. The summed E-state index contributed by atoms with van der Waals surface area (Å²) in [7, 11) is 0. The molecule has 0 bridgehead atoms. The molecular weight excluding hydrogens is 208 g/mol. The lowest BCUT2D eigenvalue weighted by molar-refractivity contribution is 0.195. The zero-order chi connectivity index (χ0) is 10.7. The van der Waals surface area contributed by atoms with Gasteiger partial charge in [0, 0.05) is 10.9 Å². The van der Waals surface area contributed by atoms with Gasteiger partial charge < -0.3 is 4.74 Å². The first kappa shape index (κ1) is 10.5. The predicted octanol–water partition coefficient (Wildman–Crippen LogP) is 3.56. The zero-order valence-corrected chi connectivity index (χ0v) is 9.20. The molecule has 1 aliphatic heterocycles. The average molecular weight is 221 g/mol. The third-order valence-electron chi connectivity index (χ3n) is 2.55. The van der Waals surface area contributed by atoms with Gasteiger partial charge in [-0.05, 0) is 23.3 Å². The van der Waals surface area contributed by atoms with Crippen molar-refractivity contribution >= 4 is 17.7 Å². The number of benzene rings is 1. The van der Waals surface area contributed by atoms with Crippen LogP contribution in [0.15, 0.2) is 42.5 Å². The van der Waals surface area contributed by atoms with E-state index in [0.29, 0.717) is 12.5 Å². The molecule has 1 saturated heterocycles. The van der Waals surface area contributed by atoms with Crippen molar-refractivity contribution in [2.45, 2.75) is 0 Å². The van der Waals surface area contributed by atoms with Crippen molar-refractivity contribution in [3.8, 4) is 0 Å². The molecule has 0 amide bonds. The van der Waals surface area contributed by atoms with Crippen LogP contribution in [0.25, 0.3) is 6.08 Å². The summed E-state index contributed by atoms with van der Waals surface area (Å²) >= 11 is 5.82. The van der Waals surface area contributed by atoms with Crippen LogP contribution in [0.4, 0.5) is 0 Å². The van der Waals surface area contributed by atoms with E-state index in [-0.39, 0.29) is 0 Å². The fourth-order valence-electron chi connectivity index (χ4n) is 1.66. The Morgan fingerprint density at radius 2 is 2.07 bits per heavy atom. The summed E-state index contributed by atoms with van der Waals surface area (Å²) in [5, 5.41) is 0.764. The lowest BCUT2D eigenvalue weighted by Crippen LogP contribution is -1.96. The van der Waals surface area contributed by atoms with Crippen LogP contribution in [0.3, 0.4) is 0 Å². The summed E-state index contributed by atoms with van der Waals surface area (Å²) in [6.07, 6.45) is 4.09. The fourth-order valence-corrected chi connectivity index (χ4v) is 1.79. The van der Waals surface area contributed by atoms with Crippen LogP contribution < -0.4 is 0 Å². The fraction of sp³-hybridized carbons (Fsp3) is 0.231. The third-order valence-corrected chi connectivity index (χ3v) is 2.80.